The Labute approximate surface area is 120 Å². The number of carbonyl (C=O) groups is 1. The van der Waals surface area contributed by atoms with Crippen molar-refractivity contribution < 1.29 is 4.79 Å². The van der Waals surface area contributed by atoms with Gasteiger partial charge in [0.1, 0.15) is 0 Å². The molecule has 1 aromatic carbocycles. The maximum atomic E-state index is 12.4. The predicted octanol–water partition coefficient (Wildman–Crippen LogP) is 3.38. The molecule has 0 spiro atoms. The second-order valence-corrected chi connectivity index (χ2v) is 5.30. The smallest absolute Gasteiger partial charge is 0.223 e. The highest BCUT2D eigenvalue weighted by Gasteiger charge is 2.17. The molecule has 0 saturated heterocycles. The first kappa shape index (κ1) is 14.4. The summed E-state index contributed by atoms with van der Waals surface area (Å²) in [4.78, 5) is 17.5. The number of carbonyl (C=O) groups excluding carboxylic acids is 1. The van der Waals surface area contributed by atoms with E-state index in [9.17, 15) is 4.79 Å². The predicted molar refractivity (Wildman–Crippen MR) is 81.2 cm³/mol. The minimum atomic E-state index is 0.207. The van der Waals surface area contributed by atoms with E-state index in [1.54, 1.807) is 0 Å². The van der Waals surface area contributed by atoms with Crippen LogP contribution in [0.25, 0.3) is 0 Å². The van der Waals surface area contributed by atoms with Crippen molar-refractivity contribution in [1.82, 2.24) is 9.88 Å². The first-order valence-electron chi connectivity index (χ1n) is 7.12. The van der Waals surface area contributed by atoms with Gasteiger partial charge in [0, 0.05) is 30.9 Å². The van der Waals surface area contributed by atoms with E-state index in [0.29, 0.717) is 13.0 Å². The molecule has 20 heavy (non-hydrogen) atoms. The number of nitrogens with zero attached hydrogens (tertiary/aromatic N) is 1. The molecule has 0 radical (unpaired) electrons. The first-order valence-corrected chi connectivity index (χ1v) is 7.12. The van der Waals surface area contributed by atoms with Crippen molar-refractivity contribution in [2.75, 3.05) is 0 Å². The SMILES string of the molecule is CC(C)N(Cc1ccccc1)C(=O)CCc1ccc[nH]1. The van der Waals surface area contributed by atoms with Crippen LogP contribution in [0.3, 0.4) is 0 Å². The van der Waals surface area contributed by atoms with Crippen LogP contribution in [0.15, 0.2) is 48.7 Å². The van der Waals surface area contributed by atoms with E-state index in [1.165, 1.54) is 5.56 Å². The van der Waals surface area contributed by atoms with Crippen molar-refractivity contribution in [3.63, 3.8) is 0 Å². The summed E-state index contributed by atoms with van der Waals surface area (Å²) in [6.07, 6.45) is 3.21. The summed E-state index contributed by atoms with van der Waals surface area (Å²) in [6, 6.07) is 14.3. The topological polar surface area (TPSA) is 36.1 Å². The number of aryl methyl sites for hydroxylation is 1. The molecule has 0 aliphatic carbocycles. The van der Waals surface area contributed by atoms with Gasteiger partial charge in [-0.15, -0.1) is 0 Å². The van der Waals surface area contributed by atoms with Crippen LogP contribution in [0, 0.1) is 0 Å². The van der Waals surface area contributed by atoms with E-state index < -0.39 is 0 Å². The average molecular weight is 270 g/mol. The van der Waals surface area contributed by atoms with Crippen LogP contribution in [0.1, 0.15) is 31.5 Å². The fourth-order valence-corrected chi connectivity index (χ4v) is 2.25. The van der Waals surface area contributed by atoms with Gasteiger partial charge in [-0.25, -0.2) is 0 Å². The summed E-state index contributed by atoms with van der Waals surface area (Å²) in [5.41, 5.74) is 2.29. The van der Waals surface area contributed by atoms with E-state index in [1.807, 2.05) is 41.4 Å². The standard InChI is InChI=1S/C17H22N2O/c1-14(2)19(13-15-7-4-3-5-8-15)17(20)11-10-16-9-6-12-18-16/h3-9,12,14,18H,10-11,13H2,1-2H3. The van der Waals surface area contributed by atoms with E-state index in [4.69, 9.17) is 0 Å². The summed E-state index contributed by atoms with van der Waals surface area (Å²) in [5, 5.41) is 0. The van der Waals surface area contributed by atoms with E-state index in [2.05, 4.69) is 31.0 Å². The van der Waals surface area contributed by atoms with E-state index in [-0.39, 0.29) is 11.9 Å². The highest BCUT2D eigenvalue weighted by atomic mass is 16.2. The molecule has 1 N–H and O–H groups in total. The van der Waals surface area contributed by atoms with Crippen molar-refractivity contribution >= 4 is 5.91 Å². The molecular weight excluding hydrogens is 248 g/mol. The Morgan fingerprint density at radius 2 is 1.90 bits per heavy atom. The normalized spacial score (nSPS) is 10.8. The molecular formula is C17H22N2O. The van der Waals surface area contributed by atoms with Gasteiger partial charge in [0.15, 0.2) is 0 Å². The number of amides is 1. The monoisotopic (exact) mass is 270 g/mol. The highest BCUT2D eigenvalue weighted by Crippen LogP contribution is 2.11. The van der Waals surface area contributed by atoms with Crippen LogP contribution in [0.4, 0.5) is 0 Å². The van der Waals surface area contributed by atoms with Crippen LogP contribution in [0.5, 0.6) is 0 Å². The maximum Gasteiger partial charge on any atom is 0.223 e. The number of rotatable bonds is 6. The lowest BCUT2D eigenvalue weighted by Gasteiger charge is -2.27. The highest BCUT2D eigenvalue weighted by molar-refractivity contribution is 5.76. The second kappa shape index (κ2) is 6.94. The molecule has 0 aliphatic rings. The summed E-state index contributed by atoms with van der Waals surface area (Å²) in [7, 11) is 0. The summed E-state index contributed by atoms with van der Waals surface area (Å²) >= 11 is 0. The largest absolute Gasteiger partial charge is 0.365 e. The molecule has 3 heteroatoms. The van der Waals surface area contributed by atoms with Crippen molar-refractivity contribution in [3.8, 4) is 0 Å². The second-order valence-electron chi connectivity index (χ2n) is 5.30. The lowest BCUT2D eigenvalue weighted by atomic mass is 10.1. The molecule has 106 valence electrons. The van der Waals surface area contributed by atoms with Crippen molar-refractivity contribution in [2.45, 2.75) is 39.3 Å². The van der Waals surface area contributed by atoms with Gasteiger partial charge in [-0.3, -0.25) is 4.79 Å². The Hall–Kier alpha value is -2.03. The van der Waals surface area contributed by atoms with Gasteiger partial charge in [-0.05, 0) is 38.0 Å². The number of H-pyrrole nitrogens is 1. The van der Waals surface area contributed by atoms with Gasteiger partial charge in [-0.2, -0.15) is 0 Å². The van der Waals surface area contributed by atoms with Gasteiger partial charge in [0.05, 0.1) is 0 Å². The molecule has 0 bridgehead atoms. The number of hydrogen-bond acceptors (Lipinski definition) is 1. The number of benzene rings is 1. The van der Waals surface area contributed by atoms with E-state index >= 15 is 0 Å². The first-order chi connectivity index (χ1) is 9.66. The molecule has 1 aromatic heterocycles. The zero-order chi connectivity index (χ0) is 14.4. The molecule has 0 saturated carbocycles. The Bertz CT molecular complexity index is 517. The number of hydrogen-bond donors (Lipinski definition) is 1. The van der Waals surface area contributed by atoms with E-state index in [0.717, 1.165) is 12.1 Å². The zero-order valence-electron chi connectivity index (χ0n) is 12.2. The Balaban J connectivity index is 1.95. The van der Waals surface area contributed by atoms with Crippen LogP contribution >= 0.6 is 0 Å². The third kappa shape index (κ3) is 3.98. The molecule has 2 rings (SSSR count). The molecule has 3 nitrogen and oxygen atoms in total. The fourth-order valence-electron chi connectivity index (χ4n) is 2.25. The van der Waals surface area contributed by atoms with Crippen molar-refractivity contribution in [3.05, 3.63) is 59.9 Å². The minimum Gasteiger partial charge on any atom is -0.365 e. The number of aromatic nitrogens is 1. The molecule has 0 fully saturated rings. The van der Waals surface area contributed by atoms with Crippen LogP contribution in [-0.2, 0) is 17.8 Å². The lowest BCUT2D eigenvalue weighted by Crippen LogP contribution is -2.36. The van der Waals surface area contributed by atoms with Crippen LogP contribution < -0.4 is 0 Å². The summed E-state index contributed by atoms with van der Waals surface area (Å²) < 4.78 is 0. The molecule has 0 atom stereocenters. The Morgan fingerprint density at radius 3 is 2.50 bits per heavy atom. The fraction of sp³-hybridized carbons (Fsp3) is 0.353. The molecule has 0 unspecified atom stereocenters. The van der Waals surface area contributed by atoms with Gasteiger partial charge < -0.3 is 9.88 Å². The number of aromatic amines is 1. The zero-order valence-corrected chi connectivity index (χ0v) is 12.2. The lowest BCUT2D eigenvalue weighted by molar-refractivity contribution is -0.133. The van der Waals surface area contributed by atoms with Gasteiger partial charge >= 0.3 is 0 Å². The minimum absolute atomic E-state index is 0.207. The quantitative estimate of drug-likeness (QED) is 0.858. The average Bonchev–Trinajstić information content (AvgIpc) is 2.96. The van der Waals surface area contributed by atoms with Gasteiger partial charge in [-0.1, -0.05) is 30.3 Å². The third-order valence-corrected chi connectivity index (χ3v) is 3.41. The van der Waals surface area contributed by atoms with Gasteiger partial charge in [0.2, 0.25) is 5.91 Å². The molecule has 1 heterocycles. The van der Waals surface area contributed by atoms with Gasteiger partial charge in [0.25, 0.3) is 0 Å². The summed E-state index contributed by atoms with van der Waals surface area (Å²) in [5.74, 6) is 0.207. The van der Waals surface area contributed by atoms with Crippen LogP contribution in [0.2, 0.25) is 0 Å². The summed E-state index contributed by atoms with van der Waals surface area (Å²) in [6.45, 7) is 4.81. The van der Waals surface area contributed by atoms with Crippen molar-refractivity contribution in [1.29, 1.82) is 0 Å². The Kier molecular flexibility index (Phi) is 4.99. The Morgan fingerprint density at radius 1 is 1.15 bits per heavy atom. The molecule has 0 aliphatic heterocycles. The number of nitrogens with one attached hydrogen (secondary N) is 1. The molecule has 1 amide bonds. The van der Waals surface area contributed by atoms with Crippen LogP contribution in [-0.4, -0.2) is 21.8 Å². The maximum absolute atomic E-state index is 12.4. The third-order valence-electron chi connectivity index (χ3n) is 3.41. The van der Waals surface area contributed by atoms with Crippen molar-refractivity contribution in [2.24, 2.45) is 0 Å². The molecule has 2 aromatic rings.